The van der Waals surface area contributed by atoms with Crippen molar-refractivity contribution in [2.45, 2.75) is 0 Å². The van der Waals surface area contributed by atoms with Crippen molar-refractivity contribution in [2.24, 2.45) is 0 Å². The van der Waals surface area contributed by atoms with Crippen LogP contribution in [0.25, 0.3) is 0 Å². The fourth-order valence-electron chi connectivity index (χ4n) is 0.918. The molecule has 0 aliphatic carbocycles. The minimum Gasteiger partial charge on any atom is -0.506 e. The summed E-state index contributed by atoms with van der Waals surface area (Å²) >= 11 is 5.19. The van der Waals surface area contributed by atoms with E-state index in [1.54, 1.807) is 0 Å². The van der Waals surface area contributed by atoms with Crippen LogP contribution in [0.3, 0.4) is 0 Å². The molecule has 1 aromatic carbocycles. The Morgan fingerprint density at radius 3 is 2.29 bits per heavy atom. The number of hydroxylamine groups is 1. The van der Waals surface area contributed by atoms with Crippen LogP contribution in [0.2, 0.25) is 0 Å². The van der Waals surface area contributed by atoms with E-state index in [1.165, 1.54) is 18.2 Å². The Kier molecular flexibility index (Phi) is 3.16. The predicted molar refractivity (Wildman–Crippen MR) is 49.8 cm³/mol. The molecule has 0 aliphatic heterocycles. The molecule has 0 atom stereocenters. The maximum absolute atomic E-state index is 10.9. The number of para-hydroxylation sites is 1. The molecule has 3 N–H and O–H groups in total. The van der Waals surface area contributed by atoms with E-state index in [-0.39, 0.29) is 10.8 Å². The van der Waals surface area contributed by atoms with E-state index < -0.39 is 23.3 Å². The number of carbonyl (C=O) groups excluding carboxylic acids is 1. The van der Waals surface area contributed by atoms with Crippen molar-refractivity contribution >= 4 is 23.2 Å². The van der Waals surface area contributed by atoms with Crippen LogP contribution >= 0.6 is 11.6 Å². The summed E-state index contributed by atoms with van der Waals surface area (Å²) in [6.07, 6.45) is 0. The minimum atomic E-state index is -0.844. The van der Waals surface area contributed by atoms with E-state index in [0.717, 1.165) is 0 Å². The highest BCUT2D eigenvalue weighted by molar-refractivity contribution is 6.29. The van der Waals surface area contributed by atoms with Gasteiger partial charge in [0.2, 0.25) is 0 Å². The second-order valence-corrected chi connectivity index (χ2v) is 2.75. The van der Waals surface area contributed by atoms with Gasteiger partial charge in [0.15, 0.2) is 5.69 Å². The molecule has 0 aliphatic rings. The molecule has 0 aromatic heterocycles. The fourth-order valence-corrected chi connectivity index (χ4v) is 1.03. The van der Waals surface area contributed by atoms with Gasteiger partial charge in [-0.3, -0.25) is 10.0 Å². The number of benzene rings is 1. The largest absolute Gasteiger partial charge is 0.506 e. The Hall–Kier alpha value is -1.46. The summed E-state index contributed by atoms with van der Waals surface area (Å²) in [4.78, 5) is 10.9. The average Bonchev–Trinajstić information content (AvgIpc) is 2.16. The summed E-state index contributed by atoms with van der Waals surface area (Å²) in [5, 5.41) is 27.8. The number of phenols is 2. The number of phenolic OH excluding ortho intramolecular Hbond substituents is 2. The first-order valence-electron chi connectivity index (χ1n) is 3.66. The van der Waals surface area contributed by atoms with Crippen molar-refractivity contribution in [3.05, 3.63) is 18.2 Å². The molecule has 0 unspecified atom stereocenters. The van der Waals surface area contributed by atoms with E-state index in [9.17, 15) is 20.2 Å². The van der Waals surface area contributed by atoms with Gasteiger partial charge in [-0.2, -0.15) is 5.06 Å². The average molecular weight is 218 g/mol. The Morgan fingerprint density at radius 1 is 1.36 bits per heavy atom. The summed E-state index contributed by atoms with van der Waals surface area (Å²) in [5.74, 6) is -2.12. The molecule has 14 heavy (non-hydrogen) atoms. The van der Waals surface area contributed by atoms with Crippen LogP contribution in [-0.2, 0) is 4.79 Å². The number of alkyl halides is 1. The molecule has 0 fully saturated rings. The van der Waals surface area contributed by atoms with E-state index in [0.29, 0.717) is 0 Å². The van der Waals surface area contributed by atoms with Gasteiger partial charge in [0.05, 0.1) is 0 Å². The van der Waals surface area contributed by atoms with Crippen LogP contribution in [0.4, 0.5) is 5.69 Å². The van der Waals surface area contributed by atoms with E-state index >= 15 is 0 Å². The van der Waals surface area contributed by atoms with Gasteiger partial charge in [-0.25, -0.2) is 0 Å². The lowest BCUT2D eigenvalue weighted by molar-refractivity contribution is -0.121. The summed E-state index contributed by atoms with van der Waals surface area (Å²) < 4.78 is 0. The molecule has 6 heteroatoms. The smallest absolute Gasteiger partial charge is 0.265 e. The number of nitrogens with zero attached hydrogens (tertiary/aromatic N) is 1. The second-order valence-electron chi connectivity index (χ2n) is 2.48. The van der Waals surface area contributed by atoms with E-state index in [1.807, 2.05) is 0 Å². The lowest BCUT2D eigenvalue weighted by Crippen LogP contribution is -2.28. The summed E-state index contributed by atoms with van der Waals surface area (Å²) in [5.41, 5.74) is -0.377. The van der Waals surface area contributed by atoms with Gasteiger partial charge in [0, 0.05) is 0 Å². The zero-order valence-electron chi connectivity index (χ0n) is 7.01. The lowest BCUT2D eigenvalue weighted by Gasteiger charge is -2.15. The van der Waals surface area contributed by atoms with Gasteiger partial charge >= 0.3 is 0 Å². The molecule has 1 rings (SSSR count). The minimum absolute atomic E-state index is 0.109. The van der Waals surface area contributed by atoms with Crippen molar-refractivity contribution < 1.29 is 20.2 Å². The van der Waals surface area contributed by atoms with Crippen molar-refractivity contribution in [3.63, 3.8) is 0 Å². The molecule has 5 nitrogen and oxygen atoms in total. The quantitative estimate of drug-likeness (QED) is 0.393. The monoisotopic (exact) mass is 217 g/mol. The van der Waals surface area contributed by atoms with Gasteiger partial charge in [0.25, 0.3) is 5.91 Å². The van der Waals surface area contributed by atoms with Gasteiger partial charge in [-0.1, -0.05) is 6.07 Å². The van der Waals surface area contributed by atoms with Crippen molar-refractivity contribution in [1.29, 1.82) is 0 Å². The predicted octanol–water partition coefficient (Wildman–Crippen LogP) is 1.06. The molecule has 0 spiro atoms. The zero-order valence-corrected chi connectivity index (χ0v) is 7.77. The number of anilines is 1. The highest BCUT2D eigenvalue weighted by Crippen LogP contribution is 2.35. The molecule has 1 aromatic rings. The van der Waals surface area contributed by atoms with Crippen molar-refractivity contribution in [2.75, 3.05) is 10.9 Å². The normalized spacial score (nSPS) is 9.86. The number of hydrogen-bond donors (Lipinski definition) is 3. The number of rotatable bonds is 2. The molecule has 0 bridgehead atoms. The summed E-state index contributed by atoms with van der Waals surface area (Å²) in [6, 6.07) is 3.81. The second kappa shape index (κ2) is 4.17. The van der Waals surface area contributed by atoms with Crippen molar-refractivity contribution in [3.8, 4) is 11.5 Å². The lowest BCUT2D eigenvalue weighted by atomic mass is 10.2. The van der Waals surface area contributed by atoms with Crippen LogP contribution in [0.15, 0.2) is 18.2 Å². The first-order chi connectivity index (χ1) is 6.57. The third-order valence-corrected chi connectivity index (χ3v) is 1.78. The van der Waals surface area contributed by atoms with Gasteiger partial charge in [-0.15, -0.1) is 11.6 Å². The number of hydrogen-bond acceptors (Lipinski definition) is 4. The Bertz CT molecular complexity index is 335. The van der Waals surface area contributed by atoms with Gasteiger partial charge < -0.3 is 10.2 Å². The SMILES string of the molecule is O=C(CCl)N(O)c1c(O)cccc1O. The fraction of sp³-hybridized carbons (Fsp3) is 0.125. The van der Waals surface area contributed by atoms with Crippen LogP contribution in [0.5, 0.6) is 11.5 Å². The third-order valence-electron chi connectivity index (χ3n) is 1.56. The zero-order chi connectivity index (χ0) is 10.7. The Morgan fingerprint density at radius 2 is 1.86 bits per heavy atom. The molecule has 1 amide bonds. The van der Waals surface area contributed by atoms with Crippen LogP contribution < -0.4 is 5.06 Å². The standard InChI is InChI=1S/C8H8ClNO4/c9-4-7(13)10(14)8-5(11)2-1-3-6(8)12/h1-3,11-12,14H,4H2. The Balaban J connectivity index is 3.11. The third kappa shape index (κ3) is 1.89. The van der Waals surface area contributed by atoms with Crippen LogP contribution in [0, 0.1) is 0 Å². The van der Waals surface area contributed by atoms with Crippen LogP contribution in [0.1, 0.15) is 0 Å². The first-order valence-corrected chi connectivity index (χ1v) is 4.20. The maximum atomic E-state index is 10.9. The molecular weight excluding hydrogens is 210 g/mol. The molecular formula is C8H8ClNO4. The number of aromatic hydroxyl groups is 2. The molecule has 0 saturated carbocycles. The Labute approximate surface area is 84.7 Å². The molecule has 0 radical (unpaired) electrons. The summed E-state index contributed by atoms with van der Waals surface area (Å²) in [6.45, 7) is 0. The highest BCUT2D eigenvalue weighted by Gasteiger charge is 2.19. The topological polar surface area (TPSA) is 81.0 Å². The van der Waals surface area contributed by atoms with Gasteiger partial charge in [-0.05, 0) is 12.1 Å². The number of amides is 1. The van der Waals surface area contributed by atoms with E-state index in [2.05, 4.69) is 0 Å². The maximum Gasteiger partial charge on any atom is 0.265 e. The molecule has 76 valence electrons. The summed E-state index contributed by atoms with van der Waals surface area (Å²) in [7, 11) is 0. The first kappa shape index (κ1) is 10.6. The van der Waals surface area contributed by atoms with Crippen LogP contribution in [-0.4, -0.2) is 27.2 Å². The number of carbonyl (C=O) groups is 1. The molecule has 0 saturated heterocycles. The number of halogens is 1. The van der Waals surface area contributed by atoms with E-state index in [4.69, 9.17) is 11.6 Å². The van der Waals surface area contributed by atoms with Gasteiger partial charge in [0.1, 0.15) is 17.4 Å². The molecule has 0 heterocycles. The highest BCUT2D eigenvalue weighted by atomic mass is 35.5. The van der Waals surface area contributed by atoms with Crippen molar-refractivity contribution in [1.82, 2.24) is 0 Å².